The van der Waals surface area contributed by atoms with Crippen LogP contribution in [0.1, 0.15) is 55.5 Å². The van der Waals surface area contributed by atoms with Crippen LogP contribution in [0.4, 0.5) is 5.69 Å². The molecule has 0 aliphatic heterocycles. The highest BCUT2D eigenvalue weighted by Gasteiger charge is 2.20. The van der Waals surface area contributed by atoms with Crippen LogP contribution in [0.25, 0.3) is 0 Å². The van der Waals surface area contributed by atoms with E-state index in [1.807, 2.05) is 44.2 Å². The quantitative estimate of drug-likeness (QED) is 0.714. The third-order valence-electron chi connectivity index (χ3n) is 4.80. The van der Waals surface area contributed by atoms with Crippen LogP contribution in [-0.2, 0) is 11.3 Å². The lowest BCUT2D eigenvalue weighted by Gasteiger charge is -2.12. The van der Waals surface area contributed by atoms with Gasteiger partial charge in [0, 0.05) is 29.6 Å². The van der Waals surface area contributed by atoms with E-state index in [9.17, 15) is 9.59 Å². The SMILES string of the molecule is CC(C)C(=O)Nc1ccc(CNC(=O)c2cccnc2SC2CCCC2)cc1. The molecule has 1 heterocycles. The summed E-state index contributed by atoms with van der Waals surface area (Å²) in [5.41, 5.74) is 2.38. The van der Waals surface area contributed by atoms with E-state index in [1.54, 1.807) is 24.0 Å². The monoisotopic (exact) mass is 397 g/mol. The molecule has 0 bridgehead atoms. The molecule has 5 nitrogen and oxygen atoms in total. The molecule has 0 unspecified atom stereocenters. The summed E-state index contributed by atoms with van der Waals surface area (Å²) in [7, 11) is 0. The topological polar surface area (TPSA) is 71.1 Å². The molecule has 2 aromatic rings. The summed E-state index contributed by atoms with van der Waals surface area (Å²) < 4.78 is 0. The number of anilines is 1. The van der Waals surface area contributed by atoms with Crippen LogP contribution in [0, 0.1) is 5.92 Å². The smallest absolute Gasteiger partial charge is 0.254 e. The first-order valence-electron chi connectivity index (χ1n) is 9.82. The summed E-state index contributed by atoms with van der Waals surface area (Å²) >= 11 is 1.73. The summed E-state index contributed by atoms with van der Waals surface area (Å²) in [4.78, 5) is 28.9. The molecule has 2 N–H and O–H groups in total. The Kier molecular flexibility index (Phi) is 7.09. The van der Waals surface area contributed by atoms with Gasteiger partial charge in [-0.15, -0.1) is 11.8 Å². The van der Waals surface area contributed by atoms with E-state index >= 15 is 0 Å². The first-order valence-corrected chi connectivity index (χ1v) is 10.7. The Bertz CT molecular complexity index is 815. The largest absolute Gasteiger partial charge is 0.348 e. The molecule has 1 aliphatic carbocycles. The maximum atomic E-state index is 12.7. The first kappa shape index (κ1) is 20.4. The number of aromatic nitrogens is 1. The summed E-state index contributed by atoms with van der Waals surface area (Å²) in [5.74, 6) is -0.176. The maximum Gasteiger partial charge on any atom is 0.254 e. The standard InChI is InChI=1S/C22H27N3O2S/c1-15(2)20(26)25-17-11-9-16(10-12-17)14-24-21(27)19-8-5-13-23-22(19)28-18-6-3-4-7-18/h5,8-13,15,18H,3-4,6-7,14H2,1-2H3,(H,24,27)(H,25,26). The van der Waals surface area contributed by atoms with Crippen LogP contribution in [-0.4, -0.2) is 22.0 Å². The van der Waals surface area contributed by atoms with Crippen LogP contribution in [0.2, 0.25) is 0 Å². The highest BCUT2D eigenvalue weighted by Crippen LogP contribution is 2.35. The second-order valence-corrected chi connectivity index (χ2v) is 8.69. The van der Waals surface area contributed by atoms with Gasteiger partial charge in [-0.05, 0) is 42.7 Å². The second-order valence-electron chi connectivity index (χ2n) is 7.40. The molecule has 1 aromatic heterocycles. The molecule has 0 radical (unpaired) electrons. The minimum Gasteiger partial charge on any atom is -0.348 e. The summed E-state index contributed by atoms with van der Waals surface area (Å²) in [6.45, 7) is 4.15. The van der Waals surface area contributed by atoms with Crippen molar-refractivity contribution in [3.63, 3.8) is 0 Å². The van der Waals surface area contributed by atoms with Crippen LogP contribution in [0.5, 0.6) is 0 Å². The zero-order chi connectivity index (χ0) is 19.9. The Labute approximate surface area is 170 Å². The summed E-state index contributed by atoms with van der Waals surface area (Å²) in [6.07, 6.45) is 6.67. The summed E-state index contributed by atoms with van der Waals surface area (Å²) in [6, 6.07) is 11.2. The molecular weight excluding hydrogens is 370 g/mol. The van der Waals surface area contributed by atoms with Gasteiger partial charge in [0.2, 0.25) is 5.91 Å². The molecule has 2 amide bonds. The molecule has 6 heteroatoms. The van der Waals surface area contributed by atoms with Crippen molar-refractivity contribution in [1.82, 2.24) is 10.3 Å². The van der Waals surface area contributed by atoms with E-state index in [0.29, 0.717) is 17.4 Å². The molecule has 28 heavy (non-hydrogen) atoms. The Morgan fingerprint density at radius 3 is 2.54 bits per heavy atom. The lowest BCUT2D eigenvalue weighted by Crippen LogP contribution is -2.24. The number of rotatable bonds is 7. The minimum absolute atomic E-state index is 0.00933. The van der Waals surface area contributed by atoms with Gasteiger partial charge in [0.15, 0.2) is 0 Å². The molecule has 1 aliphatic rings. The molecule has 1 saturated carbocycles. The molecule has 148 valence electrons. The van der Waals surface area contributed by atoms with Crippen molar-refractivity contribution in [1.29, 1.82) is 0 Å². The number of carbonyl (C=O) groups is 2. The van der Waals surface area contributed by atoms with Gasteiger partial charge in [-0.2, -0.15) is 0 Å². The van der Waals surface area contributed by atoms with Crippen molar-refractivity contribution in [2.24, 2.45) is 5.92 Å². The fourth-order valence-electron chi connectivity index (χ4n) is 3.09. The van der Waals surface area contributed by atoms with Gasteiger partial charge < -0.3 is 10.6 Å². The van der Waals surface area contributed by atoms with E-state index in [1.165, 1.54) is 25.7 Å². The normalized spacial score (nSPS) is 14.2. The second kappa shape index (κ2) is 9.73. The zero-order valence-corrected chi connectivity index (χ0v) is 17.2. The lowest BCUT2D eigenvalue weighted by molar-refractivity contribution is -0.118. The Morgan fingerprint density at radius 1 is 1.14 bits per heavy atom. The number of thioether (sulfide) groups is 1. The van der Waals surface area contributed by atoms with Crippen LogP contribution in [0.15, 0.2) is 47.6 Å². The van der Waals surface area contributed by atoms with E-state index in [4.69, 9.17) is 0 Å². The van der Waals surface area contributed by atoms with Crippen molar-refractivity contribution in [3.05, 3.63) is 53.7 Å². The zero-order valence-electron chi connectivity index (χ0n) is 16.4. The average Bonchev–Trinajstić information content (AvgIpc) is 3.20. The van der Waals surface area contributed by atoms with Gasteiger partial charge in [-0.25, -0.2) is 4.98 Å². The maximum absolute atomic E-state index is 12.7. The molecule has 1 fully saturated rings. The number of hydrogen-bond donors (Lipinski definition) is 2. The third-order valence-corrected chi connectivity index (χ3v) is 6.15. The number of pyridine rings is 1. The Morgan fingerprint density at radius 2 is 1.86 bits per heavy atom. The van der Waals surface area contributed by atoms with Crippen molar-refractivity contribution < 1.29 is 9.59 Å². The van der Waals surface area contributed by atoms with Crippen molar-refractivity contribution >= 4 is 29.3 Å². The van der Waals surface area contributed by atoms with E-state index in [0.717, 1.165) is 16.3 Å². The van der Waals surface area contributed by atoms with Gasteiger partial charge in [-0.1, -0.05) is 38.8 Å². The number of nitrogens with one attached hydrogen (secondary N) is 2. The highest BCUT2D eigenvalue weighted by molar-refractivity contribution is 7.99. The number of carbonyl (C=O) groups excluding carboxylic acids is 2. The van der Waals surface area contributed by atoms with Crippen LogP contribution >= 0.6 is 11.8 Å². The average molecular weight is 398 g/mol. The molecule has 0 spiro atoms. The van der Waals surface area contributed by atoms with Crippen LogP contribution < -0.4 is 10.6 Å². The van der Waals surface area contributed by atoms with Crippen molar-refractivity contribution in [3.8, 4) is 0 Å². The lowest BCUT2D eigenvalue weighted by atomic mass is 10.1. The van der Waals surface area contributed by atoms with Gasteiger partial charge >= 0.3 is 0 Å². The number of hydrogen-bond acceptors (Lipinski definition) is 4. The van der Waals surface area contributed by atoms with Gasteiger partial charge in [0.1, 0.15) is 5.03 Å². The van der Waals surface area contributed by atoms with E-state index in [2.05, 4.69) is 15.6 Å². The fourth-order valence-corrected chi connectivity index (χ4v) is 4.39. The number of nitrogens with zero attached hydrogens (tertiary/aromatic N) is 1. The predicted molar refractivity (Wildman–Crippen MR) is 113 cm³/mol. The van der Waals surface area contributed by atoms with E-state index < -0.39 is 0 Å². The van der Waals surface area contributed by atoms with Gasteiger partial charge in [-0.3, -0.25) is 9.59 Å². The summed E-state index contributed by atoms with van der Waals surface area (Å²) in [5, 5.41) is 7.23. The molecule has 1 aromatic carbocycles. The Hall–Kier alpha value is -2.34. The van der Waals surface area contributed by atoms with Crippen molar-refractivity contribution in [2.45, 2.75) is 56.4 Å². The van der Waals surface area contributed by atoms with Gasteiger partial charge in [0.25, 0.3) is 5.91 Å². The van der Waals surface area contributed by atoms with E-state index in [-0.39, 0.29) is 17.7 Å². The highest BCUT2D eigenvalue weighted by atomic mass is 32.2. The third kappa shape index (κ3) is 5.58. The molecule has 0 saturated heterocycles. The fraction of sp³-hybridized carbons (Fsp3) is 0.409. The predicted octanol–water partition coefficient (Wildman–Crippen LogP) is 4.64. The number of amides is 2. The van der Waals surface area contributed by atoms with Crippen molar-refractivity contribution in [2.75, 3.05) is 5.32 Å². The van der Waals surface area contributed by atoms with Crippen LogP contribution in [0.3, 0.4) is 0 Å². The molecule has 3 rings (SSSR count). The molecule has 0 atom stereocenters. The first-order chi connectivity index (χ1) is 13.5. The minimum atomic E-state index is -0.106. The number of benzene rings is 1. The van der Waals surface area contributed by atoms with Gasteiger partial charge in [0.05, 0.1) is 5.56 Å². The molecular formula is C22H27N3O2S. The Balaban J connectivity index is 1.57.